The number of aliphatic hydroxyl groups is 1. The van der Waals surface area contributed by atoms with Crippen LogP contribution in [0.4, 0.5) is 0 Å². The number of nitrogens with zero attached hydrogens (tertiary/aromatic N) is 3. The van der Waals surface area contributed by atoms with Gasteiger partial charge in [0.25, 0.3) is 0 Å². The predicted octanol–water partition coefficient (Wildman–Crippen LogP) is 1.16. The zero-order chi connectivity index (χ0) is 16.6. The van der Waals surface area contributed by atoms with Crippen LogP contribution >= 0.6 is 0 Å². The molecule has 0 radical (unpaired) electrons. The van der Waals surface area contributed by atoms with Gasteiger partial charge in [-0.05, 0) is 38.8 Å². The molecule has 2 aromatic rings. The number of likely N-dealkylation sites (tertiary alicyclic amines) is 1. The predicted molar refractivity (Wildman–Crippen MR) is 87.0 cm³/mol. The van der Waals surface area contributed by atoms with Crippen LogP contribution in [0.2, 0.25) is 0 Å². The van der Waals surface area contributed by atoms with Crippen molar-refractivity contribution >= 4 is 16.8 Å². The van der Waals surface area contributed by atoms with Gasteiger partial charge >= 0.3 is 0 Å². The summed E-state index contributed by atoms with van der Waals surface area (Å²) in [5.74, 6) is -0.0871. The summed E-state index contributed by atoms with van der Waals surface area (Å²) in [5, 5.41) is 14.9. The van der Waals surface area contributed by atoms with E-state index in [1.807, 2.05) is 6.07 Å². The third kappa shape index (κ3) is 2.99. The third-order valence-corrected chi connectivity index (χ3v) is 4.44. The zero-order valence-corrected chi connectivity index (χ0v) is 13.4. The maximum atomic E-state index is 12.7. The molecule has 1 aromatic heterocycles. The van der Waals surface area contributed by atoms with Crippen LogP contribution in [0.5, 0.6) is 0 Å². The van der Waals surface area contributed by atoms with Gasteiger partial charge < -0.3 is 10.0 Å². The summed E-state index contributed by atoms with van der Waals surface area (Å²) in [6.07, 6.45) is 2.93. The Labute approximate surface area is 134 Å². The topological polar surface area (TPSA) is 75.4 Å². The van der Waals surface area contributed by atoms with Gasteiger partial charge in [-0.25, -0.2) is 0 Å². The van der Waals surface area contributed by atoms with E-state index < -0.39 is 5.60 Å². The Balaban J connectivity index is 1.89. The summed E-state index contributed by atoms with van der Waals surface area (Å²) in [5.41, 5.74) is -0.433. The van der Waals surface area contributed by atoms with Gasteiger partial charge in [0.05, 0.1) is 23.4 Å². The number of aromatic nitrogens is 2. The number of rotatable bonds is 3. The molecule has 1 fully saturated rings. The maximum Gasteiger partial charge on any atom is 0.244 e. The van der Waals surface area contributed by atoms with Crippen molar-refractivity contribution in [1.29, 1.82) is 0 Å². The van der Waals surface area contributed by atoms with Gasteiger partial charge in [0.1, 0.15) is 6.54 Å². The highest BCUT2D eigenvalue weighted by molar-refractivity contribution is 5.81. The number of amides is 1. The maximum absolute atomic E-state index is 12.7. The molecule has 0 saturated carbocycles. The molecule has 0 aliphatic carbocycles. The van der Waals surface area contributed by atoms with Crippen molar-refractivity contribution in [2.75, 3.05) is 6.54 Å². The monoisotopic (exact) mass is 315 g/mol. The smallest absolute Gasteiger partial charge is 0.244 e. The van der Waals surface area contributed by atoms with Crippen LogP contribution in [0, 0.1) is 0 Å². The number of fused-ring (bicyclic) bond motifs is 1. The molecule has 0 bridgehead atoms. The van der Waals surface area contributed by atoms with Crippen molar-refractivity contribution < 1.29 is 9.90 Å². The lowest BCUT2D eigenvalue weighted by Gasteiger charge is -2.34. The average molecular weight is 315 g/mol. The molecule has 1 unspecified atom stereocenters. The number of hydrogen-bond donors (Lipinski definition) is 1. The summed E-state index contributed by atoms with van der Waals surface area (Å²) >= 11 is 0. The minimum Gasteiger partial charge on any atom is -0.388 e. The summed E-state index contributed by atoms with van der Waals surface area (Å²) in [6.45, 7) is 4.17. The average Bonchev–Trinajstić information content (AvgIpc) is 3.00. The minimum absolute atomic E-state index is 0.0629. The molecule has 1 saturated heterocycles. The fourth-order valence-corrected chi connectivity index (χ4v) is 3.31. The Hall–Kier alpha value is -2.21. The van der Waals surface area contributed by atoms with Crippen LogP contribution in [0.15, 0.2) is 35.3 Å². The third-order valence-electron chi connectivity index (χ3n) is 4.44. The molecule has 1 N–H and O–H groups in total. The van der Waals surface area contributed by atoms with Crippen LogP contribution < -0.4 is 5.43 Å². The van der Waals surface area contributed by atoms with Gasteiger partial charge in [-0.2, -0.15) is 5.10 Å². The molecule has 0 spiro atoms. The van der Waals surface area contributed by atoms with Crippen LogP contribution in [0.3, 0.4) is 0 Å². The van der Waals surface area contributed by atoms with Gasteiger partial charge in [0.15, 0.2) is 0 Å². The lowest BCUT2D eigenvalue weighted by Crippen LogP contribution is -2.49. The Morgan fingerprint density at radius 1 is 1.39 bits per heavy atom. The van der Waals surface area contributed by atoms with Crippen LogP contribution in [-0.4, -0.2) is 43.9 Å². The molecule has 1 aliphatic rings. The first kappa shape index (κ1) is 15.7. The number of carbonyl (C=O) groups is 1. The van der Waals surface area contributed by atoms with Crippen molar-refractivity contribution in [3.63, 3.8) is 0 Å². The van der Waals surface area contributed by atoms with E-state index >= 15 is 0 Å². The number of benzene rings is 1. The summed E-state index contributed by atoms with van der Waals surface area (Å²) in [4.78, 5) is 26.3. The number of carbonyl (C=O) groups excluding carboxylic acids is 1. The highest BCUT2D eigenvalue weighted by atomic mass is 16.3. The molecule has 1 atom stereocenters. The molecule has 1 aromatic carbocycles. The lowest BCUT2D eigenvalue weighted by molar-refractivity contribution is -0.137. The van der Waals surface area contributed by atoms with Gasteiger partial charge in [0, 0.05) is 11.9 Å². The first-order valence-corrected chi connectivity index (χ1v) is 7.84. The van der Waals surface area contributed by atoms with Crippen molar-refractivity contribution in [1.82, 2.24) is 14.7 Å². The lowest BCUT2D eigenvalue weighted by atomic mass is 9.96. The number of para-hydroxylation sites is 1. The van der Waals surface area contributed by atoms with Gasteiger partial charge in [0.2, 0.25) is 11.3 Å². The molecule has 6 nitrogen and oxygen atoms in total. The van der Waals surface area contributed by atoms with E-state index in [1.54, 1.807) is 41.6 Å². The van der Waals surface area contributed by atoms with Crippen LogP contribution in [0.25, 0.3) is 10.9 Å². The summed E-state index contributed by atoms with van der Waals surface area (Å²) < 4.78 is 1.55. The second-order valence-electron chi connectivity index (χ2n) is 6.58. The van der Waals surface area contributed by atoms with E-state index in [0.717, 1.165) is 12.8 Å². The SMILES string of the molecule is CC(C)(O)C1CCCN1C(=O)Cn1ncc(=O)c2ccccc21. The highest BCUT2D eigenvalue weighted by Gasteiger charge is 2.38. The van der Waals surface area contributed by atoms with E-state index in [0.29, 0.717) is 17.4 Å². The molecule has 23 heavy (non-hydrogen) atoms. The van der Waals surface area contributed by atoms with Crippen molar-refractivity contribution in [3.05, 3.63) is 40.7 Å². The standard InChI is InChI=1S/C17H21N3O3/c1-17(2,23)15-8-5-9-19(15)16(22)11-20-13-7-4-3-6-12(13)14(21)10-18-20/h3-4,6-7,10,15,23H,5,8-9,11H2,1-2H3. The molecule has 1 amide bonds. The largest absolute Gasteiger partial charge is 0.388 e. The Bertz CT molecular complexity index is 792. The van der Waals surface area contributed by atoms with E-state index in [-0.39, 0.29) is 23.9 Å². The normalized spacial score (nSPS) is 18.6. The fourth-order valence-electron chi connectivity index (χ4n) is 3.31. The van der Waals surface area contributed by atoms with E-state index in [9.17, 15) is 14.7 Å². The van der Waals surface area contributed by atoms with E-state index in [2.05, 4.69) is 5.10 Å². The first-order valence-electron chi connectivity index (χ1n) is 7.84. The molecule has 2 heterocycles. The fraction of sp³-hybridized carbons (Fsp3) is 0.471. The molecular weight excluding hydrogens is 294 g/mol. The van der Waals surface area contributed by atoms with Crippen molar-refractivity contribution in [2.24, 2.45) is 0 Å². The van der Waals surface area contributed by atoms with E-state index in [4.69, 9.17) is 0 Å². The van der Waals surface area contributed by atoms with Crippen molar-refractivity contribution in [3.8, 4) is 0 Å². The minimum atomic E-state index is -0.925. The molecule has 122 valence electrons. The van der Waals surface area contributed by atoms with Crippen molar-refractivity contribution in [2.45, 2.75) is 44.9 Å². The zero-order valence-electron chi connectivity index (χ0n) is 13.4. The number of hydrogen-bond acceptors (Lipinski definition) is 4. The van der Waals surface area contributed by atoms with Crippen LogP contribution in [0.1, 0.15) is 26.7 Å². The Kier molecular flexibility index (Phi) is 3.93. The van der Waals surface area contributed by atoms with Gasteiger partial charge in [-0.15, -0.1) is 0 Å². The molecule has 6 heteroatoms. The molecule has 3 rings (SSSR count). The van der Waals surface area contributed by atoms with E-state index in [1.165, 1.54) is 6.20 Å². The summed E-state index contributed by atoms with van der Waals surface area (Å²) in [7, 11) is 0. The van der Waals surface area contributed by atoms with Crippen LogP contribution in [-0.2, 0) is 11.3 Å². The second-order valence-corrected chi connectivity index (χ2v) is 6.58. The summed E-state index contributed by atoms with van der Waals surface area (Å²) in [6, 6.07) is 6.95. The quantitative estimate of drug-likeness (QED) is 0.922. The van der Waals surface area contributed by atoms with Gasteiger partial charge in [-0.1, -0.05) is 12.1 Å². The molecule has 1 aliphatic heterocycles. The molecular formula is C17H21N3O3. The first-order chi connectivity index (χ1) is 10.9. The Morgan fingerprint density at radius 2 is 2.13 bits per heavy atom. The second kappa shape index (κ2) is 5.77. The highest BCUT2D eigenvalue weighted by Crippen LogP contribution is 2.27. The van der Waals surface area contributed by atoms with Gasteiger partial charge in [-0.3, -0.25) is 14.3 Å². The Morgan fingerprint density at radius 3 is 2.87 bits per heavy atom.